The molecule has 2 N–H and O–H groups in total. The molecule has 1 unspecified atom stereocenters. The molecule has 6 heteroatoms. The number of nitrogens with zero attached hydrogens (tertiary/aromatic N) is 3. The Balaban J connectivity index is 2.15. The van der Waals surface area contributed by atoms with Gasteiger partial charge in [0.15, 0.2) is 0 Å². The zero-order chi connectivity index (χ0) is 14.9. The third kappa shape index (κ3) is 3.39. The fourth-order valence-electron chi connectivity index (χ4n) is 2.21. The minimum atomic E-state index is -0.505. The third-order valence-electron chi connectivity index (χ3n) is 3.01. The summed E-state index contributed by atoms with van der Waals surface area (Å²) < 4.78 is 7.18. The second-order valence-electron chi connectivity index (χ2n) is 6.06. The van der Waals surface area contributed by atoms with Gasteiger partial charge < -0.3 is 15.4 Å². The van der Waals surface area contributed by atoms with Crippen molar-refractivity contribution < 1.29 is 9.53 Å². The molecule has 1 aromatic heterocycles. The number of rotatable bonds is 1. The summed E-state index contributed by atoms with van der Waals surface area (Å²) >= 11 is 0. The van der Waals surface area contributed by atoms with E-state index in [1.54, 1.807) is 15.8 Å². The van der Waals surface area contributed by atoms with Crippen molar-refractivity contribution in [1.82, 2.24) is 14.7 Å². The van der Waals surface area contributed by atoms with Crippen LogP contribution in [0.3, 0.4) is 0 Å². The van der Waals surface area contributed by atoms with E-state index in [9.17, 15) is 4.79 Å². The molecule has 2 heterocycles. The first kappa shape index (κ1) is 14.6. The molecular weight excluding hydrogens is 256 g/mol. The van der Waals surface area contributed by atoms with Crippen LogP contribution in [-0.2, 0) is 11.8 Å². The van der Waals surface area contributed by atoms with Crippen LogP contribution in [0.25, 0.3) is 5.57 Å². The van der Waals surface area contributed by atoms with Gasteiger partial charge in [-0.25, -0.2) is 4.79 Å². The Morgan fingerprint density at radius 2 is 2.20 bits per heavy atom. The Labute approximate surface area is 119 Å². The Bertz CT molecular complexity index is 528. The molecule has 2 rings (SSSR count). The van der Waals surface area contributed by atoms with E-state index in [1.807, 2.05) is 40.0 Å². The van der Waals surface area contributed by atoms with Gasteiger partial charge in [-0.05, 0) is 32.4 Å². The first-order valence-electron chi connectivity index (χ1n) is 6.69. The molecule has 0 aromatic carbocycles. The number of carbonyl (C=O) groups is 1. The molecule has 110 valence electrons. The van der Waals surface area contributed by atoms with Gasteiger partial charge in [0, 0.05) is 25.8 Å². The SMILES string of the molecule is Cn1nccc1C1=CC(N)CN(C(=O)OC(C)(C)C)C1. The van der Waals surface area contributed by atoms with Crippen LogP contribution >= 0.6 is 0 Å². The lowest BCUT2D eigenvalue weighted by molar-refractivity contribution is 0.0265. The zero-order valence-corrected chi connectivity index (χ0v) is 12.5. The van der Waals surface area contributed by atoms with Gasteiger partial charge in [-0.3, -0.25) is 4.68 Å². The second-order valence-corrected chi connectivity index (χ2v) is 6.06. The van der Waals surface area contributed by atoms with Crippen LogP contribution in [0.15, 0.2) is 18.3 Å². The van der Waals surface area contributed by atoms with Crippen LogP contribution in [-0.4, -0.2) is 45.5 Å². The summed E-state index contributed by atoms with van der Waals surface area (Å²) in [6.07, 6.45) is 3.38. The van der Waals surface area contributed by atoms with E-state index in [-0.39, 0.29) is 12.1 Å². The summed E-state index contributed by atoms with van der Waals surface area (Å²) in [6, 6.07) is 1.72. The van der Waals surface area contributed by atoms with E-state index < -0.39 is 5.60 Å². The van der Waals surface area contributed by atoms with Gasteiger partial charge in [0.05, 0.1) is 12.2 Å². The number of hydrogen-bond donors (Lipinski definition) is 1. The molecule has 1 atom stereocenters. The predicted molar refractivity (Wildman–Crippen MR) is 77.0 cm³/mol. The Kier molecular flexibility index (Phi) is 3.85. The van der Waals surface area contributed by atoms with Gasteiger partial charge in [-0.15, -0.1) is 0 Å². The average Bonchev–Trinajstić information content (AvgIpc) is 2.72. The minimum Gasteiger partial charge on any atom is -0.444 e. The number of carbonyl (C=O) groups excluding carboxylic acids is 1. The lowest BCUT2D eigenvalue weighted by Gasteiger charge is -2.32. The van der Waals surface area contributed by atoms with Gasteiger partial charge in [0.25, 0.3) is 0 Å². The molecule has 1 aliphatic rings. The summed E-state index contributed by atoms with van der Waals surface area (Å²) in [4.78, 5) is 13.8. The van der Waals surface area contributed by atoms with Crippen molar-refractivity contribution in [3.05, 3.63) is 24.0 Å². The monoisotopic (exact) mass is 278 g/mol. The van der Waals surface area contributed by atoms with Gasteiger partial charge in [-0.2, -0.15) is 5.10 Å². The van der Waals surface area contributed by atoms with E-state index in [0.29, 0.717) is 13.1 Å². The summed E-state index contributed by atoms with van der Waals surface area (Å²) in [6.45, 7) is 6.52. The minimum absolute atomic E-state index is 0.193. The van der Waals surface area contributed by atoms with Crippen LogP contribution in [0.5, 0.6) is 0 Å². The lowest BCUT2D eigenvalue weighted by Crippen LogP contribution is -2.46. The normalized spacial score (nSPS) is 19.8. The maximum Gasteiger partial charge on any atom is 0.410 e. The molecule has 0 radical (unpaired) electrons. The van der Waals surface area contributed by atoms with Gasteiger partial charge >= 0.3 is 6.09 Å². The van der Waals surface area contributed by atoms with E-state index in [2.05, 4.69) is 5.10 Å². The molecule has 0 spiro atoms. The standard InChI is InChI=1S/C14H22N4O2/c1-14(2,3)20-13(19)18-8-10(7-11(15)9-18)12-5-6-16-17(12)4/h5-7,11H,8-9,15H2,1-4H3. The van der Waals surface area contributed by atoms with Crippen molar-refractivity contribution in [2.75, 3.05) is 13.1 Å². The number of hydrogen-bond acceptors (Lipinski definition) is 4. The topological polar surface area (TPSA) is 73.4 Å². The van der Waals surface area contributed by atoms with Gasteiger partial charge in [0.2, 0.25) is 0 Å². The summed E-state index contributed by atoms with van der Waals surface area (Å²) in [7, 11) is 1.87. The molecule has 20 heavy (non-hydrogen) atoms. The van der Waals surface area contributed by atoms with E-state index >= 15 is 0 Å². The highest BCUT2D eigenvalue weighted by molar-refractivity contribution is 5.75. The number of aromatic nitrogens is 2. The van der Waals surface area contributed by atoms with Crippen molar-refractivity contribution in [2.45, 2.75) is 32.4 Å². The first-order valence-corrected chi connectivity index (χ1v) is 6.69. The lowest BCUT2D eigenvalue weighted by atomic mass is 10.0. The second kappa shape index (κ2) is 5.28. The van der Waals surface area contributed by atoms with Crippen LogP contribution in [0.2, 0.25) is 0 Å². The number of amides is 1. The highest BCUT2D eigenvalue weighted by atomic mass is 16.6. The summed E-state index contributed by atoms with van der Waals surface area (Å²) in [5, 5.41) is 4.15. The molecule has 0 aliphatic carbocycles. The smallest absolute Gasteiger partial charge is 0.410 e. The molecule has 0 fully saturated rings. The Morgan fingerprint density at radius 1 is 1.50 bits per heavy atom. The molecule has 1 aliphatic heterocycles. The van der Waals surface area contributed by atoms with Crippen molar-refractivity contribution in [3.8, 4) is 0 Å². The maximum atomic E-state index is 12.2. The predicted octanol–water partition coefficient (Wildman–Crippen LogP) is 1.38. The third-order valence-corrected chi connectivity index (χ3v) is 3.01. The van der Waals surface area contributed by atoms with Crippen LogP contribution < -0.4 is 5.73 Å². The number of aryl methyl sites for hydroxylation is 1. The molecule has 6 nitrogen and oxygen atoms in total. The molecule has 0 bridgehead atoms. The maximum absolute atomic E-state index is 12.2. The van der Waals surface area contributed by atoms with Crippen molar-refractivity contribution >= 4 is 11.7 Å². The van der Waals surface area contributed by atoms with Crippen LogP contribution in [0.4, 0.5) is 4.79 Å². The Morgan fingerprint density at radius 3 is 2.75 bits per heavy atom. The molecule has 0 saturated carbocycles. The highest BCUT2D eigenvalue weighted by Gasteiger charge is 2.27. The van der Waals surface area contributed by atoms with Crippen molar-refractivity contribution in [3.63, 3.8) is 0 Å². The Hall–Kier alpha value is -1.82. The fraction of sp³-hybridized carbons (Fsp3) is 0.571. The number of ether oxygens (including phenoxy) is 1. The van der Waals surface area contributed by atoms with Gasteiger partial charge in [-0.1, -0.05) is 6.08 Å². The van der Waals surface area contributed by atoms with Gasteiger partial charge in [0.1, 0.15) is 5.60 Å². The number of nitrogens with two attached hydrogens (primary N) is 1. The van der Waals surface area contributed by atoms with E-state index in [4.69, 9.17) is 10.5 Å². The van der Waals surface area contributed by atoms with Crippen molar-refractivity contribution in [2.24, 2.45) is 12.8 Å². The van der Waals surface area contributed by atoms with E-state index in [0.717, 1.165) is 11.3 Å². The fourth-order valence-corrected chi connectivity index (χ4v) is 2.21. The zero-order valence-electron chi connectivity index (χ0n) is 12.5. The molecule has 1 amide bonds. The van der Waals surface area contributed by atoms with Crippen LogP contribution in [0, 0.1) is 0 Å². The quantitative estimate of drug-likeness (QED) is 0.842. The average molecular weight is 278 g/mol. The summed E-state index contributed by atoms with van der Waals surface area (Å²) in [5.74, 6) is 0. The van der Waals surface area contributed by atoms with Crippen LogP contribution in [0.1, 0.15) is 26.5 Å². The van der Waals surface area contributed by atoms with Crippen molar-refractivity contribution in [1.29, 1.82) is 0 Å². The highest BCUT2D eigenvalue weighted by Crippen LogP contribution is 2.21. The van der Waals surface area contributed by atoms with E-state index in [1.165, 1.54) is 0 Å². The molecule has 0 saturated heterocycles. The summed E-state index contributed by atoms with van der Waals surface area (Å²) in [5.41, 5.74) is 7.47. The molecule has 1 aromatic rings. The first-order chi connectivity index (χ1) is 9.26. The largest absolute Gasteiger partial charge is 0.444 e. The molecular formula is C14H22N4O2.